The van der Waals surface area contributed by atoms with Crippen molar-refractivity contribution in [2.24, 2.45) is 0 Å². The fourth-order valence-electron chi connectivity index (χ4n) is 0.760. The predicted molar refractivity (Wildman–Crippen MR) is 43.6 cm³/mol. The van der Waals surface area contributed by atoms with E-state index in [9.17, 15) is 9.18 Å². The largest absolute Gasteiger partial charge is 0.298 e. The van der Waals surface area contributed by atoms with Crippen LogP contribution < -0.4 is 0 Å². The van der Waals surface area contributed by atoms with Crippen molar-refractivity contribution < 1.29 is 9.18 Å². The van der Waals surface area contributed by atoms with Crippen molar-refractivity contribution in [3.8, 4) is 0 Å². The molecule has 0 amide bonds. The van der Waals surface area contributed by atoms with Gasteiger partial charge in [-0.25, -0.2) is 4.39 Å². The molecule has 2 nitrogen and oxygen atoms in total. The lowest BCUT2D eigenvalue weighted by atomic mass is 10.2. The summed E-state index contributed by atoms with van der Waals surface area (Å²) in [6.45, 7) is 0. The molecule has 0 saturated carbocycles. The maximum Gasteiger partial charge on any atom is 0.153 e. The van der Waals surface area contributed by atoms with Gasteiger partial charge in [0, 0.05) is 12.1 Å². The van der Waals surface area contributed by atoms with Crippen LogP contribution in [0.5, 0.6) is 0 Å². The third-order valence-electron chi connectivity index (χ3n) is 1.32. The van der Waals surface area contributed by atoms with Gasteiger partial charge < -0.3 is 0 Å². The lowest BCUT2D eigenvalue weighted by molar-refractivity contribution is -0.116. The SMILES string of the molecule is O=C(CCl)Cc1ccc(F)cn1. The standard InChI is InChI=1S/C8H7ClFNO/c9-4-8(12)3-7-2-1-6(10)5-11-7/h1-2,5H,3-4H2. The van der Waals surface area contributed by atoms with Crippen LogP contribution in [0.25, 0.3) is 0 Å². The molecule has 1 heterocycles. The molecule has 0 aliphatic heterocycles. The Morgan fingerprint density at radius 1 is 1.58 bits per heavy atom. The van der Waals surface area contributed by atoms with Gasteiger partial charge in [-0.3, -0.25) is 9.78 Å². The molecule has 0 bridgehead atoms. The summed E-state index contributed by atoms with van der Waals surface area (Å²) < 4.78 is 12.3. The molecule has 0 fully saturated rings. The summed E-state index contributed by atoms with van der Waals surface area (Å²) in [6, 6.07) is 2.74. The van der Waals surface area contributed by atoms with E-state index in [1.165, 1.54) is 12.1 Å². The normalized spacial score (nSPS) is 9.83. The molecule has 0 aliphatic carbocycles. The Balaban J connectivity index is 2.64. The first kappa shape index (κ1) is 9.13. The van der Waals surface area contributed by atoms with Crippen LogP contribution >= 0.6 is 11.6 Å². The zero-order valence-corrected chi connectivity index (χ0v) is 7.01. The van der Waals surface area contributed by atoms with Gasteiger partial charge >= 0.3 is 0 Å². The first-order valence-corrected chi connectivity index (χ1v) is 3.94. The lowest BCUT2D eigenvalue weighted by Crippen LogP contribution is -2.05. The minimum absolute atomic E-state index is 0.0287. The predicted octanol–water partition coefficient (Wildman–Crippen LogP) is 1.57. The summed E-state index contributed by atoms with van der Waals surface area (Å²) in [5, 5.41) is 0. The Morgan fingerprint density at radius 2 is 2.33 bits per heavy atom. The van der Waals surface area contributed by atoms with Gasteiger partial charge in [0.2, 0.25) is 0 Å². The summed E-state index contributed by atoms with van der Waals surface area (Å²) >= 11 is 5.28. The van der Waals surface area contributed by atoms with Crippen LogP contribution in [0.4, 0.5) is 4.39 Å². The third-order valence-corrected chi connectivity index (χ3v) is 1.61. The molecule has 4 heteroatoms. The molecule has 0 N–H and O–H groups in total. The molecule has 12 heavy (non-hydrogen) atoms. The number of hydrogen-bond donors (Lipinski definition) is 0. The fourth-order valence-corrected chi connectivity index (χ4v) is 0.855. The number of pyridine rings is 1. The summed E-state index contributed by atoms with van der Waals surface area (Å²) in [5.41, 5.74) is 0.544. The van der Waals surface area contributed by atoms with E-state index in [-0.39, 0.29) is 18.1 Å². The Morgan fingerprint density at radius 3 is 2.83 bits per heavy atom. The summed E-state index contributed by atoms with van der Waals surface area (Å²) in [5.74, 6) is -0.549. The van der Waals surface area contributed by atoms with Crippen molar-refractivity contribution in [3.05, 3.63) is 29.8 Å². The average molecular weight is 188 g/mol. The number of nitrogens with zero attached hydrogens (tertiary/aromatic N) is 1. The second kappa shape index (κ2) is 4.16. The monoisotopic (exact) mass is 187 g/mol. The summed E-state index contributed by atoms with van der Waals surface area (Å²) in [4.78, 5) is 14.5. The number of Topliss-reactive ketones (excluding diaryl/α,β-unsaturated/α-hetero) is 1. The van der Waals surface area contributed by atoms with Gasteiger partial charge in [0.05, 0.1) is 12.1 Å². The van der Waals surface area contributed by atoms with Gasteiger partial charge in [-0.1, -0.05) is 0 Å². The molecule has 1 rings (SSSR count). The Hall–Kier alpha value is -0.960. The van der Waals surface area contributed by atoms with E-state index in [2.05, 4.69) is 4.98 Å². The van der Waals surface area contributed by atoms with Crippen LogP contribution in [0.15, 0.2) is 18.3 Å². The van der Waals surface area contributed by atoms with Gasteiger partial charge in [-0.2, -0.15) is 0 Å². The fraction of sp³-hybridized carbons (Fsp3) is 0.250. The number of halogens is 2. The maximum atomic E-state index is 12.3. The van der Waals surface area contributed by atoms with Crippen molar-refractivity contribution in [1.29, 1.82) is 0 Å². The number of carbonyl (C=O) groups excluding carboxylic acids is 1. The molecular formula is C8H7ClFNO. The smallest absolute Gasteiger partial charge is 0.153 e. The topological polar surface area (TPSA) is 30.0 Å². The van der Waals surface area contributed by atoms with Crippen molar-refractivity contribution in [2.75, 3.05) is 5.88 Å². The van der Waals surface area contributed by atoms with Crippen molar-refractivity contribution >= 4 is 17.4 Å². The number of rotatable bonds is 3. The summed E-state index contributed by atoms with van der Waals surface area (Å²) in [6.07, 6.45) is 1.25. The molecule has 1 aromatic heterocycles. The van der Waals surface area contributed by atoms with E-state index in [1.54, 1.807) is 0 Å². The van der Waals surface area contributed by atoms with Crippen molar-refractivity contribution in [1.82, 2.24) is 4.98 Å². The quantitative estimate of drug-likeness (QED) is 0.673. The number of alkyl halides is 1. The van der Waals surface area contributed by atoms with Crippen molar-refractivity contribution in [2.45, 2.75) is 6.42 Å². The minimum atomic E-state index is -0.405. The highest BCUT2D eigenvalue weighted by atomic mass is 35.5. The lowest BCUT2D eigenvalue weighted by Gasteiger charge is -1.95. The molecule has 0 aromatic carbocycles. The first-order valence-electron chi connectivity index (χ1n) is 3.40. The molecular weight excluding hydrogens is 181 g/mol. The second-order valence-corrected chi connectivity index (χ2v) is 2.58. The minimum Gasteiger partial charge on any atom is -0.298 e. The molecule has 1 aromatic rings. The van der Waals surface area contributed by atoms with Gasteiger partial charge in [0.15, 0.2) is 5.78 Å². The molecule has 64 valence electrons. The Bertz CT molecular complexity index is 273. The van der Waals surface area contributed by atoms with E-state index >= 15 is 0 Å². The molecule has 0 aliphatic rings. The molecule has 0 unspecified atom stereocenters. The highest BCUT2D eigenvalue weighted by Gasteiger charge is 2.02. The Kier molecular flexibility index (Phi) is 3.17. The maximum absolute atomic E-state index is 12.3. The summed E-state index contributed by atoms with van der Waals surface area (Å²) in [7, 11) is 0. The van der Waals surface area contributed by atoms with Crippen LogP contribution in [0.1, 0.15) is 5.69 Å². The van der Waals surface area contributed by atoms with E-state index in [0.717, 1.165) is 6.20 Å². The molecule has 0 radical (unpaired) electrons. The highest BCUT2D eigenvalue weighted by molar-refractivity contribution is 6.27. The van der Waals surface area contributed by atoms with E-state index < -0.39 is 5.82 Å². The van der Waals surface area contributed by atoms with Gasteiger partial charge in [0.1, 0.15) is 5.82 Å². The average Bonchev–Trinajstić information content (AvgIpc) is 2.09. The second-order valence-electron chi connectivity index (χ2n) is 2.32. The highest BCUT2D eigenvalue weighted by Crippen LogP contribution is 1.99. The van der Waals surface area contributed by atoms with Crippen LogP contribution in [0.2, 0.25) is 0 Å². The van der Waals surface area contributed by atoms with Crippen LogP contribution in [-0.4, -0.2) is 16.6 Å². The van der Waals surface area contributed by atoms with Crippen LogP contribution in [-0.2, 0) is 11.2 Å². The van der Waals surface area contributed by atoms with Crippen molar-refractivity contribution in [3.63, 3.8) is 0 Å². The zero-order valence-electron chi connectivity index (χ0n) is 6.26. The molecule has 0 spiro atoms. The van der Waals surface area contributed by atoms with Gasteiger partial charge in [0.25, 0.3) is 0 Å². The van der Waals surface area contributed by atoms with Crippen LogP contribution in [0.3, 0.4) is 0 Å². The van der Waals surface area contributed by atoms with Gasteiger partial charge in [-0.15, -0.1) is 11.6 Å². The third kappa shape index (κ3) is 2.58. The number of aromatic nitrogens is 1. The van der Waals surface area contributed by atoms with E-state index in [1.807, 2.05) is 0 Å². The first-order chi connectivity index (χ1) is 5.72. The van der Waals surface area contributed by atoms with E-state index in [4.69, 9.17) is 11.6 Å². The number of hydrogen-bond acceptors (Lipinski definition) is 2. The van der Waals surface area contributed by atoms with Crippen LogP contribution in [0, 0.1) is 5.82 Å². The number of carbonyl (C=O) groups is 1. The molecule has 0 atom stereocenters. The van der Waals surface area contributed by atoms with Gasteiger partial charge in [-0.05, 0) is 12.1 Å². The number of ketones is 1. The van der Waals surface area contributed by atoms with E-state index in [0.29, 0.717) is 5.69 Å². The Labute approximate surface area is 74.4 Å². The molecule has 0 saturated heterocycles. The zero-order chi connectivity index (χ0) is 8.97.